The van der Waals surface area contributed by atoms with Crippen LogP contribution >= 0.6 is 0 Å². The quantitative estimate of drug-likeness (QED) is 0.575. The van der Waals surface area contributed by atoms with Gasteiger partial charge in [-0.1, -0.05) is 6.92 Å². The maximum atomic E-state index is 5.01. The minimum Gasteiger partial charge on any atom is -0.382 e. The van der Waals surface area contributed by atoms with Crippen molar-refractivity contribution >= 4 is 0 Å². The second-order valence-electron chi connectivity index (χ2n) is 3.12. The third-order valence-corrected chi connectivity index (χ3v) is 1.92. The van der Waals surface area contributed by atoms with E-state index in [9.17, 15) is 0 Å². The number of rotatable bonds is 9. The lowest BCUT2D eigenvalue weighted by molar-refractivity contribution is 0.0265. The fourth-order valence-electron chi connectivity index (χ4n) is 0.945. The molecule has 4 nitrogen and oxygen atoms in total. The van der Waals surface area contributed by atoms with Crippen molar-refractivity contribution in [2.75, 3.05) is 47.3 Å². The summed E-state index contributed by atoms with van der Waals surface area (Å²) in [4.78, 5) is 0. The molecular formula is C12H28O4. The molecule has 0 saturated carbocycles. The van der Waals surface area contributed by atoms with Gasteiger partial charge in [-0.3, -0.25) is 0 Å². The smallest absolute Gasteiger partial charge is 0.0801 e. The molecule has 0 aliphatic carbocycles. The number of hydrogen-bond acceptors (Lipinski definition) is 4. The van der Waals surface area contributed by atoms with Crippen molar-refractivity contribution in [3.05, 3.63) is 0 Å². The maximum Gasteiger partial charge on any atom is 0.0801 e. The first kappa shape index (κ1) is 18.2. The van der Waals surface area contributed by atoms with Gasteiger partial charge in [0, 0.05) is 27.4 Å². The first-order valence-electron chi connectivity index (χ1n) is 5.93. The van der Waals surface area contributed by atoms with Gasteiger partial charge in [0.05, 0.1) is 25.9 Å². The Morgan fingerprint density at radius 3 is 1.56 bits per heavy atom. The lowest BCUT2D eigenvalue weighted by Gasteiger charge is -2.09. The van der Waals surface area contributed by atoms with E-state index in [0.717, 1.165) is 32.8 Å². The highest BCUT2D eigenvalue weighted by molar-refractivity contribution is 4.49. The second-order valence-corrected chi connectivity index (χ2v) is 3.12. The summed E-state index contributed by atoms with van der Waals surface area (Å²) in [6.07, 6.45) is 1.30. The van der Waals surface area contributed by atoms with Crippen LogP contribution in [0.4, 0.5) is 0 Å². The molecule has 16 heavy (non-hydrogen) atoms. The summed E-state index contributed by atoms with van der Waals surface area (Å²) in [5.41, 5.74) is 0. The second kappa shape index (κ2) is 17.2. The van der Waals surface area contributed by atoms with Gasteiger partial charge in [-0.25, -0.2) is 0 Å². The van der Waals surface area contributed by atoms with Crippen molar-refractivity contribution in [3.8, 4) is 0 Å². The molecule has 0 aliphatic heterocycles. The van der Waals surface area contributed by atoms with Gasteiger partial charge in [0.25, 0.3) is 0 Å². The average Bonchev–Trinajstić information content (AvgIpc) is 2.32. The molecule has 0 aliphatic rings. The Morgan fingerprint density at radius 1 is 0.875 bits per heavy atom. The molecule has 0 amide bonds. The third-order valence-electron chi connectivity index (χ3n) is 1.92. The standard InChI is InChI=1S/2C6H14O2/c1-4-6(8-3)5-7-2;1-3-7-5-6-8-4-2/h6H,4-5H2,1-3H3;3-6H2,1-2H3. The van der Waals surface area contributed by atoms with Crippen molar-refractivity contribution < 1.29 is 18.9 Å². The van der Waals surface area contributed by atoms with Crippen LogP contribution in [0.2, 0.25) is 0 Å². The van der Waals surface area contributed by atoms with E-state index < -0.39 is 0 Å². The molecule has 0 bridgehead atoms. The summed E-state index contributed by atoms with van der Waals surface area (Å²) in [6, 6.07) is 0. The molecule has 0 N–H and O–H groups in total. The summed E-state index contributed by atoms with van der Waals surface area (Å²) in [7, 11) is 3.38. The van der Waals surface area contributed by atoms with Crippen LogP contribution in [0.15, 0.2) is 0 Å². The zero-order chi connectivity index (χ0) is 12.6. The van der Waals surface area contributed by atoms with Crippen molar-refractivity contribution in [3.63, 3.8) is 0 Å². The summed E-state index contributed by atoms with van der Waals surface area (Å²) in [6.45, 7) is 9.76. The van der Waals surface area contributed by atoms with Gasteiger partial charge in [-0.2, -0.15) is 0 Å². The van der Waals surface area contributed by atoms with Crippen molar-refractivity contribution in [2.45, 2.75) is 33.3 Å². The van der Waals surface area contributed by atoms with Gasteiger partial charge in [0.1, 0.15) is 0 Å². The molecule has 1 atom stereocenters. The van der Waals surface area contributed by atoms with Gasteiger partial charge in [-0.05, 0) is 20.3 Å². The molecule has 0 fully saturated rings. The Kier molecular flexibility index (Phi) is 19.6. The van der Waals surface area contributed by atoms with E-state index in [-0.39, 0.29) is 6.10 Å². The van der Waals surface area contributed by atoms with Crippen LogP contribution in [0.1, 0.15) is 27.2 Å². The van der Waals surface area contributed by atoms with E-state index in [1.54, 1.807) is 14.2 Å². The van der Waals surface area contributed by atoms with Crippen LogP contribution in [-0.2, 0) is 18.9 Å². The molecule has 100 valence electrons. The Hall–Kier alpha value is -0.160. The minimum atomic E-state index is 0.278. The zero-order valence-corrected chi connectivity index (χ0v) is 11.5. The largest absolute Gasteiger partial charge is 0.382 e. The first-order valence-corrected chi connectivity index (χ1v) is 5.93. The van der Waals surface area contributed by atoms with Gasteiger partial charge in [0.2, 0.25) is 0 Å². The third kappa shape index (κ3) is 16.3. The van der Waals surface area contributed by atoms with E-state index in [4.69, 9.17) is 18.9 Å². The van der Waals surface area contributed by atoms with E-state index in [2.05, 4.69) is 6.92 Å². The molecule has 0 aromatic carbocycles. The van der Waals surface area contributed by atoms with Crippen LogP contribution in [0.3, 0.4) is 0 Å². The normalized spacial score (nSPS) is 11.8. The van der Waals surface area contributed by atoms with Gasteiger partial charge < -0.3 is 18.9 Å². The molecule has 4 heteroatoms. The topological polar surface area (TPSA) is 36.9 Å². The Balaban J connectivity index is 0. The van der Waals surface area contributed by atoms with Crippen molar-refractivity contribution in [2.24, 2.45) is 0 Å². The fourth-order valence-corrected chi connectivity index (χ4v) is 0.945. The van der Waals surface area contributed by atoms with E-state index in [1.807, 2.05) is 13.8 Å². The lowest BCUT2D eigenvalue weighted by Crippen LogP contribution is -2.15. The number of ether oxygens (including phenoxy) is 4. The Morgan fingerprint density at radius 2 is 1.38 bits per heavy atom. The van der Waals surface area contributed by atoms with Gasteiger partial charge >= 0.3 is 0 Å². The monoisotopic (exact) mass is 236 g/mol. The van der Waals surface area contributed by atoms with Crippen molar-refractivity contribution in [1.29, 1.82) is 0 Å². The molecule has 0 rings (SSSR count). The molecule has 0 radical (unpaired) electrons. The molecule has 0 saturated heterocycles. The van der Waals surface area contributed by atoms with Crippen LogP contribution < -0.4 is 0 Å². The maximum absolute atomic E-state index is 5.01. The average molecular weight is 236 g/mol. The predicted molar refractivity (Wildman–Crippen MR) is 66.0 cm³/mol. The van der Waals surface area contributed by atoms with Gasteiger partial charge in [-0.15, -0.1) is 0 Å². The molecule has 0 aromatic rings. The van der Waals surface area contributed by atoms with Gasteiger partial charge in [0.15, 0.2) is 0 Å². The van der Waals surface area contributed by atoms with Crippen molar-refractivity contribution in [1.82, 2.24) is 0 Å². The van der Waals surface area contributed by atoms with Crippen LogP contribution in [0, 0.1) is 0 Å². The Bertz CT molecular complexity index is 99.2. The number of hydrogen-bond donors (Lipinski definition) is 0. The highest BCUT2D eigenvalue weighted by Crippen LogP contribution is 1.94. The summed E-state index contributed by atoms with van der Waals surface area (Å²) in [5.74, 6) is 0. The fraction of sp³-hybridized carbons (Fsp3) is 1.00. The van der Waals surface area contributed by atoms with E-state index in [0.29, 0.717) is 6.61 Å². The summed E-state index contributed by atoms with van der Waals surface area (Å²) in [5, 5.41) is 0. The predicted octanol–water partition coefficient (Wildman–Crippen LogP) is 2.12. The van der Waals surface area contributed by atoms with Crippen LogP contribution in [0.5, 0.6) is 0 Å². The molecule has 0 aromatic heterocycles. The van der Waals surface area contributed by atoms with Crippen LogP contribution in [-0.4, -0.2) is 53.4 Å². The lowest BCUT2D eigenvalue weighted by atomic mass is 10.3. The SMILES string of the molecule is CCC(COC)OC.CCOCCOCC. The molecule has 0 heterocycles. The highest BCUT2D eigenvalue weighted by atomic mass is 16.5. The molecule has 1 unspecified atom stereocenters. The molecule has 0 spiro atoms. The Labute approximate surface area is 100 Å². The highest BCUT2D eigenvalue weighted by Gasteiger charge is 2.00. The number of methoxy groups -OCH3 is 2. The minimum absolute atomic E-state index is 0.278. The van der Waals surface area contributed by atoms with E-state index >= 15 is 0 Å². The summed E-state index contributed by atoms with van der Waals surface area (Å²) < 4.78 is 19.9. The summed E-state index contributed by atoms with van der Waals surface area (Å²) >= 11 is 0. The first-order chi connectivity index (χ1) is 7.76. The molecular weight excluding hydrogens is 208 g/mol. The zero-order valence-electron chi connectivity index (χ0n) is 11.5. The van der Waals surface area contributed by atoms with E-state index in [1.165, 1.54) is 0 Å². The van der Waals surface area contributed by atoms with Crippen LogP contribution in [0.25, 0.3) is 0 Å².